The topological polar surface area (TPSA) is 46.9 Å². The van der Waals surface area contributed by atoms with Crippen LogP contribution >= 0.6 is 0 Å². The number of aromatic nitrogens is 2. The van der Waals surface area contributed by atoms with E-state index in [9.17, 15) is 4.79 Å². The zero-order valence-electron chi connectivity index (χ0n) is 19.5. The van der Waals surface area contributed by atoms with Crippen LogP contribution in [0.5, 0.6) is 0 Å². The van der Waals surface area contributed by atoms with Gasteiger partial charge in [-0.1, -0.05) is 76.8 Å². The Morgan fingerprint density at radius 3 is 2.26 bits per heavy atom. The van der Waals surface area contributed by atoms with E-state index in [0.29, 0.717) is 11.4 Å². The van der Waals surface area contributed by atoms with Crippen molar-refractivity contribution in [3.63, 3.8) is 0 Å². The molecule has 3 rings (SSSR count). The van der Waals surface area contributed by atoms with Crippen molar-refractivity contribution in [2.75, 3.05) is 5.32 Å². The van der Waals surface area contributed by atoms with Gasteiger partial charge in [0.2, 0.25) is 0 Å². The molecule has 1 aromatic heterocycles. The van der Waals surface area contributed by atoms with Gasteiger partial charge in [0.15, 0.2) is 0 Å². The fourth-order valence-electron chi connectivity index (χ4n) is 3.49. The summed E-state index contributed by atoms with van der Waals surface area (Å²) in [6.45, 7) is 10.7. The number of nitrogens with one attached hydrogen (secondary N) is 1. The van der Waals surface area contributed by atoms with E-state index < -0.39 is 0 Å². The van der Waals surface area contributed by atoms with Gasteiger partial charge >= 0.3 is 0 Å². The van der Waals surface area contributed by atoms with E-state index >= 15 is 0 Å². The van der Waals surface area contributed by atoms with Crippen LogP contribution in [-0.2, 0) is 11.8 Å². The van der Waals surface area contributed by atoms with Crippen LogP contribution in [0.2, 0.25) is 0 Å². The van der Waals surface area contributed by atoms with Crippen molar-refractivity contribution in [3.8, 4) is 5.69 Å². The van der Waals surface area contributed by atoms with Crippen LogP contribution in [0.1, 0.15) is 80.6 Å². The second kappa shape index (κ2) is 9.95. The summed E-state index contributed by atoms with van der Waals surface area (Å²) < 4.78 is 1.82. The summed E-state index contributed by atoms with van der Waals surface area (Å²) in [5.41, 5.74) is 4.88. The summed E-state index contributed by atoms with van der Waals surface area (Å²) in [5, 5.41) is 7.87. The fraction of sp³-hybridized carbons (Fsp3) is 0.407. The SMILES string of the molecule is CCCCCCc1ccc(C(=O)Nc2cc(C(C)(C)C)nn2-c2ccc(C)cc2)cc1. The Hall–Kier alpha value is -2.88. The van der Waals surface area contributed by atoms with Crippen LogP contribution in [0.3, 0.4) is 0 Å². The summed E-state index contributed by atoms with van der Waals surface area (Å²) in [5.74, 6) is 0.564. The average Bonchev–Trinajstić information content (AvgIpc) is 3.16. The van der Waals surface area contributed by atoms with Crippen LogP contribution in [0.15, 0.2) is 54.6 Å². The van der Waals surface area contributed by atoms with Crippen molar-refractivity contribution in [1.29, 1.82) is 0 Å². The second-order valence-electron chi connectivity index (χ2n) is 9.37. The number of hydrogen-bond donors (Lipinski definition) is 1. The van der Waals surface area contributed by atoms with Gasteiger partial charge in [0.25, 0.3) is 5.91 Å². The molecule has 3 aromatic rings. The van der Waals surface area contributed by atoms with E-state index in [2.05, 4.69) is 64.2 Å². The molecule has 164 valence electrons. The van der Waals surface area contributed by atoms with E-state index in [1.807, 2.05) is 35.0 Å². The van der Waals surface area contributed by atoms with E-state index in [4.69, 9.17) is 5.10 Å². The lowest BCUT2D eigenvalue weighted by Gasteiger charge is -2.14. The van der Waals surface area contributed by atoms with Gasteiger partial charge in [0.05, 0.1) is 11.4 Å². The molecule has 0 radical (unpaired) electrons. The lowest BCUT2D eigenvalue weighted by molar-refractivity contribution is 0.102. The number of carbonyl (C=O) groups is 1. The Kier molecular flexibility index (Phi) is 7.32. The Labute approximate surface area is 186 Å². The molecular formula is C27H35N3O. The van der Waals surface area contributed by atoms with E-state index in [1.165, 1.54) is 36.8 Å². The number of unbranched alkanes of at least 4 members (excludes halogenated alkanes) is 3. The highest BCUT2D eigenvalue weighted by atomic mass is 16.1. The molecule has 0 aliphatic carbocycles. The highest BCUT2D eigenvalue weighted by molar-refractivity contribution is 6.04. The molecule has 0 bridgehead atoms. The number of aryl methyl sites for hydroxylation is 2. The predicted octanol–water partition coefficient (Wildman–Crippen LogP) is 6.85. The number of carbonyl (C=O) groups excluding carboxylic acids is 1. The van der Waals surface area contributed by atoms with Crippen molar-refractivity contribution in [2.45, 2.75) is 72.1 Å². The molecule has 4 nitrogen and oxygen atoms in total. The Balaban J connectivity index is 1.78. The van der Waals surface area contributed by atoms with Gasteiger partial charge in [-0.2, -0.15) is 5.10 Å². The maximum Gasteiger partial charge on any atom is 0.256 e. The van der Waals surface area contributed by atoms with Crippen LogP contribution in [0.25, 0.3) is 5.69 Å². The number of amides is 1. The minimum absolute atomic E-state index is 0.116. The molecular weight excluding hydrogens is 382 g/mol. The van der Waals surface area contributed by atoms with Gasteiger partial charge in [-0.05, 0) is 49.6 Å². The molecule has 1 heterocycles. The lowest BCUT2D eigenvalue weighted by Crippen LogP contribution is -2.15. The largest absolute Gasteiger partial charge is 0.306 e. The van der Waals surface area contributed by atoms with Crippen LogP contribution in [0.4, 0.5) is 5.82 Å². The molecule has 0 spiro atoms. The third-order valence-electron chi connectivity index (χ3n) is 5.53. The molecule has 4 heteroatoms. The molecule has 1 N–H and O–H groups in total. The molecule has 0 aliphatic heterocycles. The molecule has 31 heavy (non-hydrogen) atoms. The highest BCUT2D eigenvalue weighted by Gasteiger charge is 2.21. The predicted molar refractivity (Wildman–Crippen MR) is 129 cm³/mol. The highest BCUT2D eigenvalue weighted by Crippen LogP contribution is 2.27. The number of anilines is 1. The van der Waals surface area contributed by atoms with Crippen molar-refractivity contribution in [3.05, 3.63) is 77.0 Å². The number of benzene rings is 2. The molecule has 2 aromatic carbocycles. The number of nitrogens with zero attached hydrogens (tertiary/aromatic N) is 2. The summed E-state index contributed by atoms with van der Waals surface area (Å²) >= 11 is 0. The minimum Gasteiger partial charge on any atom is -0.306 e. The first-order valence-corrected chi connectivity index (χ1v) is 11.4. The molecule has 0 atom stereocenters. The second-order valence-corrected chi connectivity index (χ2v) is 9.37. The molecule has 0 saturated carbocycles. The maximum atomic E-state index is 13.0. The van der Waals surface area contributed by atoms with Crippen LogP contribution < -0.4 is 5.32 Å². The standard InChI is InChI=1S/C27H35N3O/c1-6-7-8-9-10-21-13-15-22(16-14-21)26(31)28-25-19-24(27(3,4)5)29-30(25)23-17-11-20(2)12-18-23/h11-19H,6-10H2,1-5H3,(H,28,31). The van der Waals surface area contributed by atoms with E-state index in [0.717, 1.165) is 17.8 Å². The summed E-state index contributed by atoms with van der Waals surface area (Å²) in [6, 6.07) is 18.1. The summed E-state index contributed by atoms with van der Waals surface area (Å²) in [7, 11) is 0. The first-order chi connectivity index (χ1) is 14.8. The van der Waals surface area contributed by atoms with Crippen molar-refractivity contribution < 1.29 is 4.79 Å². The molecule has 0 unspecified atom stereocenters. The van der Waals surface area contributed by atoms with Gasteiger partial charge in [-0.3, -0.25) is 4.79 Å². The third kappa shape index (κ3) is 6.06. The first kappa shape index (κ1) is 22.8. The number of rotatable bonds is 8. The van der Waals surface area contributed by atoms with Gasteiger partial charge in [-0.25, -0.2) is 4.68 Å². The third-order valence-corrected chi connectivity index (χ3v) is 5.53. The Morgan fingerprint density at radius 1 is 0.968 bits per heavy atom. The Bertz CT molecular complexity index is 992. The van der Waals surface area contributed by atoms with E-state index in [-0.39, 0.29) is 11.3 Å². The van der Waals surface area contributed by atoms with Gasteiger partial charge in [-0.15, -0.1) is 0 Å². The molecule has 1 amide bonds. The zero-order valence-corrected chi connectivity index (χ0v) is 19.5. The monoisotopic (exact) mass is 417 g/mol. The first-order valence-electron chi connectivity index (χ1n) is 11.4. The molecule has 0 saturated heterocycles. The number of hydrogen-bond acceptors (Lipinski definition) is 2. The lowest BCUT2D eigenvalue weighted by atomic mass is 9.92. The maximum absolute atomic E-state index is 13.0. The quantitative estimate of drug-likeness (QED) is 0.407. The smallest absolute Gasteiger partial charge is 0.256 e. The van der Waals surface area contributed by atoms with E-state index in [1.54, 1.807) is 0 Å². The van der Waals surface area contributed by atoms with Gasteiger partial charge < -0.3 is 5.32 Å². The molecule has 0 fully saturated rings. The van der Waals surface area contributed by atoms with Crippen molar-refractivity contribution >= 4 is 11.7 Å². The average molecular weight is 418 g/mol. The Morgan fingerprint density at radius 2 is 1.65 bits per heavy atom. The van der Waals surface area contributed by atoms with Crippen LogP contribution in [0, 0.1) is 6.92 Å². The van der Waals surface area contributed by atoms with Crippen molar-refractivity contribution in [2.24, 2.45) is 0 Å². The van der Waals surface area contributed by atoms with Crippen molar-refractivity contribution in [1.82, 2.24) is 9.78 Å². The fourth-order valence-corrected chi connectivity index (χ4v) is 3.49. The van der Waals surface area contributed by atoms with Gasteiger partial charge in [0.1, 0.15) is 5.82 Å². The zero-order chi connectivity index (χ0) is 22.4. The van der Waals surface area contributed by atoms with Gasteiger partial charge in [0, 0.05) is 17.0 Å². The van der Waals surface area contributed by atoms with Crippen LogP contribution in [-0.4, -0.2) is 15.7 Å². The summed E-state index contributed by atoms with van der Waals surface area (Å²) in [4.78, 5) is 13.0. The normalized spacial score (nSPS) is 11.5. The minimum atomic E-state index is -0.119. The molecule has 0 aliphatic rings. The summed E-state index contributed by atoms with van der Waals surface area (Å²) in [6.07, 6.45) is 6.06.